The maximum Gasteiger partial charge on any atom is 0.325 e. The van der Waals surface area contributed by atoms with Crippen molar-refractivity contribution in [2.45, 2.75) is 26.2 Å². The Morgan fingerprint density at radius 3 is 2.38 bits per heavy atom. The van der Waals surface area contributed by atoms with Crippen molar-refractivity contribution in [2.24, 2.45) is 0 Å². The van der Waals surface area contributed by atoms with Crippen LogP contribution in [0.1, 0.15) is 26.2 Å². The second-order valence-corrected chi connectivity index (χ2v) is 3.30. The smallest absolute Gasteiger partial charge is 0.325 e. The first-order valence-corrected chi connectivity index (χ1v) is 5.08. The lowest BCUT2D eigenvalue weighted by atomic mass is 10.2. The van der Waals surface area contributed by atoms with Crippen LogP contribution in [0.25, 0.3) is 0 Å². The maximum atomic E-state index is 11.4. The molecule has 1 amide bonds. The summed E-state index contributed by atoms with van der Waals surface area (Å²) in [6.07, 6.45) is 0.364. The molecule has 0 spiro atoms. The van der Waals surface area contributed by atoms with Crippen LogP contribution >= 0.6 is 0 Å². The Morgan fingerprint density at radius 2 is 1.88 bits per heavy atom. The average molecular weight is 231 g/mol. The number of carbonyl (C=O) groups is 3. The normalized spacial score (nSPS) is 9.62. The molecule has 0 unspecified atom stereocenters. The van der Waals surface area contributed by atoms with E-state index in [1.807, 2.05) is 0 Å². The Morgan fingerprint density at radius 1 is 1.25 bits per heavy atom. The van der Waals surface area contributed by atoms with E-state index < -0.39 is 11.9 Å². The molecule has 0 bridgehead atoms. The molecule has 1 N–H and O–H groups in total. The standard InChI is InChI=1S/C10H17NO5/c1-3-16-10(15)7-11(2)8(12)5-4-6-9(13)14/h3-7H2,1-2H3,(H,13,14). The van der Waals surface area contributed by atoms with E-state index in [4.69, 9.17) is 5.11 Å². The van der Waals surface area contributed by atoms with Crippen LogP contribution in [-0.4, -0.2) is 48.1 Å². The minimum absolute atomic E-state index is 0.0427. The van der Waals surface area contributed by atoms with Crippen LogP contribution in [0.5, 0.6) is 0 Å². The molecule has 0 aromatic heterocycles. The molecule has 92 valence electrons. The molecule has 0 radical (unpaired) electrons. The lowest BCUT2D eigenvalue weighted by Gasteiger charge is -2.15. The van der Waals surface area contributed by atoms with Crippen molar-refractivity contribution in [1.29, 1.82) is 0 Å². The summed E-state index contributed by atoms with van der Waals surface area (Å²) in [7, 11) is 1.49. The Labute approximate surface area is 94.2 Å². The van der Waals surface area contributed by atoms with Crippen molar-refractivity contribution in [3.8, 4) is 0 Å². The number of esters is 1. The molecule has 0 aromatic carbocycles. The molecule has 0 saturated carbocycles. The molecule has 0 rings (SSSR count). The van der Waals surface area contributed by atoms with Gasteiger partial charge < -0.3 is 14.7 Å². The predicted octanol–water partition coefficient (Wildman–Crippen LogP) is 0.263. The molecular formula is C10H17NO5. The number of rotatable bonds is 7. The van der Waals surface area contributed by atoms with Crippen LogP contribution < -0.4 is 0 Å². The monoisotopic (exact) mass is 231 g/mol. The fourth-order valence-electron chi connectivity index (χ4n) is 1.07. The van der Waals surface area contributed by atoms with Gasteiger partial charge in [0, 0.05) is 19.9 Å². The van der Waals surface area contributed by atoms with Gasteiger partial charge in [0.15, 0.2) is 0 Å². The van der Waals surface area contributed by atoms with Crippen LogP contribution in [0.4, 0.5) is 0 Å². The summed E-state index contributed by atoms with van der Waals surface area (Å²) in [6, 6.07) is 0. The molecule has 0 aliphatic rings. The lowest BCUT2D eigenvalue weighted by molar-refractivity contribution is -0.148. The molecule has 0 aromatic rings. The highest BCUT2D eigenvalue weighted by Crippen LogP contribution is 1.99. The van der Waals surface area contributed by atoms with Crippen LogP contribution in [0.15, 0.2) is 0 Å². The van der Waals surface area contributed by atoms with Crippen LogP contribution in [-0.2, 0) is 19.1 Å². The SMILES string of the molecule is CCOC(=O)CN(C)C(=O)CCCC(=O)O. The third-order valence-electron chi connectivity index (χ3n) is 1.88. The summed E-state index contributed by atoms with van der Waals surface area (Å²) in [4.78, 5) is 33.9. The van der Waals surface area contributed by atoms with E-state index >= 15 is 0 Å². The number of carbonyl (C=O) groups excluding carboxylic acids is 2. The topological polar surface area (TPSA) is 83.9 Å². The molecule has 0 aliphatic carbocycles. The molecule has 0 saturated heterocycles. The minimum atomic E-state index is -0.930. The second kappa shape index (κ2) is 7.67. The minimum Gasteiger partial charge on any atom is -0.481 e. The van der Waals surface area contributed by atoms with Gasteiger partial charge in [-0.3, -0.25) is 14.4 Å². The number of aliphatic carboxylic acids is 1. The zero-order chi connectivity index (χ0) is 12.6. The Balaban J connectivity index is 3.81. The van der Waals surface area contributed by atoms with E-state index in [2.05, 4.69) is 4.74 Å². The highest BCUT2D eigenvalue weighted by molar-refractivity contribution is 5.82. The zero-order valence-corrected chi connectivity index (χ0v) is 9.56. The number of likely N-dealkylation sites (N-methyl/N-ethyl adjacent to an activating group) is 1. The van der Waals surface area contributed by atoms with Crippen molar-refractivity contribution >= 4 is 17.8 Å². The van der Waals surface area contributed by atoms with Gasteiger partial charge in [0.1, 0.15) is 6.54 Å². The van der Waals surface area contributed by atoms with E-state index in [1.54, 1.807) is 6.92 Å². The van der Waals surface area contributed by atoms with Gasteiger partial charge in [-0.15, -0.1) is 0 Å². The third-order valence-corrected chi connectivity index (χ3v) is 1.88. The summed E-state index contributed by atoms with van der Waals surface area (Å²) >= 11 is 0. The van der Waals surface area contributed by atoms with Gasteiger partial charge in [-0.1, -0.05) is 0 Å². The van der Waals surface area contributed by atoms with Gasteiger partial charge >= 0.3 is 11.9 Å². The predicted molar refractivity (Wildman–Crippen MR) is 55.8 cm³/mol. The van der Waals surface area contributed by atoms with Gasteiger partial charge in [-0.05, 0) is 13.3 Å². The zero-order valence-electron chi connectivity index (χ0n) is 9.56. The van der Waals surface area contributed by atoms with Gasteiger partial charge in [0.2, 0.25) is 5.91 Å². The Hall–Kier alpha value is -1.59. The Kier molecular flexibility index (Phi) is 6.91. The number of ether oxygens (including phenoxy) is 1. The highest BCUT2D eigenvalue weighted by atomic mass is 16.5. The molecule has 6 nitrogen and oxygen atoms in total. The maximum absolute atomic E-state index is 11.4. The van der Waals surface area contributed by atoms with Gasteiger partial charge in [-0.2, -0.15) is 0 Å². The van der Waals surface area contributed by atoms with E-state index in [1.165, 1.54) is 11.9 Å². The summed E-state index contributed by atoms with van der Waals surface area (Å²) in [5.41, 5.74) is 0. The van der Waals surface area contributed by atoms with Crippen molar-refractivity contribution < 1.29 is 24.2 Å². The van der Waals surface area contributed by atoms with E-state index in [0.717, 1.165) is 0 Å². The summed E-state index contributed by atoms with van der Waals surface area (Å²) < 4.78 is 4.68. The molecule has 0 heterocycles. The molecular weight excluding hydrogens is 214 g/mol. The molecule has 6 heteroatoms. The number of carboxylic acid groups (broad SMARTS) is 1. The number of hydrogen-bond acceptors (Lipinski definition) is 4. The number of amides is 1. The van der Waals surface area contributed by atoms with E-state index in [-0.39, 0.29) is 38.3 Å². The fourth-order valence-corrected chi connectivity index (χ4v) is 1.07. The molecule has 0 atom stereocenters. The quantitative estimate of drug-likeness (QED) is 0.635. The van der Waals surface area contributed by atoms with Crippen LogP contribution in [0.3, 0.4) is 0 Å². The first-order chi connectivity index (χ1) is 7.47. The molecule has 0 aliphatic heterocycles. The first-order valence-electron chi connectivity index (χ1n) is 5.08. The van der Waals surface area contributed by atoms with Crippen molar-refractivity contribution in [1.82, 2.24) is 4.90 Å². The highest BCUT2D eigenvalue weighted by Gasteiger charge is 2.13. The summed E-state index contributed by atoms with van der Waals surface area (Å²) in [5.74, 6) is -1.65. The Bertz CT molecular complexity index is 264. The van der Waals surface area contributed by atoms with Crippen molar-refractivity contribution in [2.75, 3.05) is 20.2 Å². The number of hydrogen-bond donors (Lipinski definition) is 1. The van der Waals surface area contributed by atoms with Gasteiger partial charge in [0.05, 0.1) is 6.61 Å². The molecule has 0 fully saturated rings. The van der Waals surface area contributed by atoms with Crippen molar-refractivity contribution in [3.05, 3.63) is 0 Å². The second-order valence-electron chi connectivity index (χ2n) is 3.30. The average Bonchev–Trinajstić information content (AvgIpc) is 2.17. The van der Waals surface area contributed by atoms with Gasteiger partial charge in [0.25, 0.3) is 0 Å². The number of carboxylic acids is 1. The largest absolute Gasteiger partial charge is 0.481 e. The summed E-state index contributed by atoms with van der Waals surface area (Å²) in [6.45, 7) is 1.87. The summed E-state index contributed by atoms with van der Waals surface area (Å²) in [5, 5.41) is 8.38. The van der Waals surface area contributed by atoms with Crippen LogP contribution in [0, 0.1) is 0 Å². The third kappa shape index (κ3) is 6.80. The van der Waals surface area contributed by atoms with E-state index in [9.17, 15) is 14.4 Å². The number of nitrogens with zero attached hydrogens (tertiary/aromatic N) is 1. The first kappa shape index (κ1) is 14.4. The van der Waals surface area contributed by atoms with Crippen LogP contribution in [0.2, 0.25) is 0 Å². The lowest BCUT2D eigenvalue weighted by Crippen LogP contribution is -2.32. The van der Waals surface area contributed by atoms with Gasteiger partial charge in [-0.25, -0.2) is 0 Å². The van der Waals surface area contributed by atoms with Crippen molar-refractivity contribution in [3.63, 3.8) is 0 Å². The molecule has 16 heavy (non-hydrogen) atoms. The van der Waals surface area contributed by atoms with E-state index in [0.29, 0.717) is 0 Å². The fraction of sp³-hybridized carbons (Fsp3) is 0.700.